The third kappa shape index (κ3) is 3.11. The molecule has 0 amide bonds. The molecule has 3 rings (SSSR count). The molecule has 5 heteroatoms. The number of hydrogen-bond donors (Lipinski definition) is 1. The van der Waals surface area contributed by atoms with Crippen LogP contribution in [0.4, 0.5) is 5.82 Å². The largest absolute Gasteiger partial charge is 0.369 e. The van der Waals surface area contributed by atoms with Gasteiger partial charge in [0.1, 0.15) is 12.1 Å². The molecular formula is C14H18N4S. The van der Waals surface area contributed by atoms with E-state index in [0.717, 1.165) is 37.7 Å². The lowest BCUT2D eigenvalue weighted by molar-refractivity contribution is 0.266. The average Bonchev–Trinajstić information content (AvgIpc) is 2.86. The Morgan fingerprint density at radius 3 is 3.26 bits per heavy atom. The molecule has 2 aromatic heterocycles. The molecule has 0 aliphatic carbocycles. The Hall–Kier alpha value is -1.46. The molecular weight excluding hydrogens is 256 g/mol. The van der Waals surface area contributed by atoms with Gasteiger partial charge in [-0.3, -0.25) is 4.90 Å². The van der Waals surface area contributed by atoms with Crippen molar-refractivity contribution in [3.8, 4) is 0 Å². The Morgan fingerprint density at radius 1 is 1.42 bits per heavy atom. The SMILES string of the molecule is Cc1cc(NCCN2CCc3sccc3C2)ncn1. The highest BCUT2D eigenvalue weighted by Crippen LogP contribution is 2.23. The van der Waals surface area contributed by atoms with Gasteiger partial charge < -0.3 is 5.32 Å². The first-order chi connectivity index (χ1) is 9.31. The molecule has 2 aromatic rings. The van der Waals surface area contributed by atoms with Gasteiger partial charge in [-0.1, -0.05) is 0 Å². The Labute approximate surface area is 117 Å². The van der Waals surface area contributed by atoms with E-state index in [4.69, 9.17) is 0 Å². The average molecular weight is 274 g/mol. The van der Waals surface area contributed by atoms with E-state index >= 15 is 0 Å². The summed E-state index contributed by atoms with van der Waals surface area (Å²) in [7, 11) is 0. The number of aromatic nitrogens is 2. The van der Waals surface area contributed by atoms with E-state index < -0.39 is 0 Å². The van der Waals surface area contributed by atoms with E-state index in [1.165, 1.54) is 12.0 Å². The van der Waals surface area contributed by atoms with Crippen LogP contribution in [-0.2, 0) is 13.0 Å². The van der Waals surface area contributed by atoms with Crippen molar-refractivity contribution in [1.82, 2.24) is 14.9 Å². The van der Waals surface area contributed by atoms with Crippen LogP contribution < -0.4 is 5.32 Å². The highest BCUT2D eigenvalue weighted by Gasteiger charge is 2.16. The summed E-state index contributed by atoms with van der Waals surface area (Å²) in [6.45, 7) is 6.21. The van der Waals surface area contributed by atoms with Crippen molar-refractivity contribution < 1.29 is 0 Å². The highest BCUT2D eigenvalue weighted by atomic mass is 32.1. The van der Waals surface area contributed by atoms with Gasteiger partial charge >= 0.3 is 0 Å². The Balaban J connectivity index is 1.49. The third-order valence-electron chi connectivity index (χ3n) is 3.42. The monoisotopic (exact) mass is 274 g/mol. The minimum absolute atomic E-state index is 0.917. The summed E-state index contributed by atoms with van der Waals surface area (Å²) in [5.74, 6) is 0.917. The summed E-state index contributed by atoms with van der Waals surface area (Å²) in [5.41, 5.74) is 2.51. The summed E-state index contributed by atoms with van der Waals surface area (Å²) >= 11 is 1.89. The first-order valence-corrected chi connectivity index (χ1v) is 7.49. The number of nitrogens with zero attached hydrogens (tertiary/aromatic N) is 3. The Morgan fingerprint density at radius 2 is 2.37 bits per heavy atom. The molecule has 0 fully saturated rings. The van der Waals surface area contributed by atoms with Crippen LogP contribution in [-0.4, -0.2) is 34.5 Å². The second-order valence-electron chi connectivity index (χ2n) is 4.87. The Kier molecular flexibility index (Phi) is 3.75. The molecule has 100 valence electrons. The number of aryl methyl sites for hydroxylation is 1. The predicted octanol–water partition coefficient (Wildman–Crippen LogP) is 2.32. The van der Waals surface area contributed by atoms with Crippen LogP contribution >= 0.6 is 11.3 Å². The number of rotatable bonds is 4. The fraction of sp³-hybridized carbons (Fsp3) is 0.429. The molecule has 0 aromatic carbocycles. The van der Waals surface area contributed by atoms with Gasteiger partial charge in [0.25, 0.3) is 0 Å². The molecule has 1 aliphatic rings. The predicted molar refractivity (Wildman–Crippen MR) is 78.6 cm³/mol. The first-order valence-electron chi connectivity index (χ1n) is 6.61. The standard InChI is InChI=1S/C14H18N4S/c1-11-8-14(17-10-16-11)15-4-6-18-5-2-13-12(9-18)3-7-19-13/h3,7-8,10H,2,4-6,9H2,1H3,(H,15,16,17). The molecule has 0 bridgehead atoms. The second-order valence-corrected chi connectivity index (χ2v) is 5.87. The van der Waals surface area contributed by atoms with E-state index in [-0.39, 0.29) is 0 Å². The van der Waals surface area contributed by atoms with Gasteiger partial charge in [0, 0.05) is 42.8 Å². The molecule has 0 radical (unpaired) electrons. The Bertz CT molecular complexity index is 552. The maximum absolute atomic E-state index is 4.21. The molecule has 1 aliphatic heterocycles. The maximum atomic E-state index is 4.21. The van der Waals surface area contributed by atoms with Crippen molar-refractivity contribution in [3.05, 3.63) is 40.0 Å². The zero-order chi connectivity index (χ0) is 13.1. The second kappa shape index (κ2) is 5.67. The van der Waals surface area contributed by atoms with Gasteiger partial charge in [0.05, 0.1) is 0 Å². The number of nitrogens with one attached hydrogen (secondary N) is 1. The zero-order valence-corrected chi connectivity index (χ0v) is 11.9. The van der Waals surface area contributed by atoms with Crippen molar-refractivity contribution in [2.45, 2.75) is 19.9 Å². The molecule has 3 heterocycles. The zero-order valence-electron chi connectivity index (χ0n) is 11.1. The van der Waals surface area contributed by atoms with Gasteiger partial charge in [-0.2, -0.15) is 0 Å². The van der Waals surface area contributed by atoms with Crippen molar-refractivity contribution in [1.29, 1.82) is 0 Å². The van der Waals surface area contributed by atoms with E-state index in [0.29, 0.717) is 0 Å². The summed E-state index contributed by atoms with van der Waals surface area (Å²) in [6.07, 6.45) is 2.80. The van der Waals surface area contributed by atoms with Crippen LogP contribution in [0.5, 0.6) is 0 Å². The van der Waals surface area contributed by atoms with Gasteiger partial charge in [0.2, 0.25) is 0 Å². The normalized spacial score (nSPS) is 15.2. The van der Waals surface area contributed by atoms with Crippen molar-refractivity contribution >= 4 is 17.2 Å². The number of hydrogen-bond acceptors (Lipinski definition) is 5. The van der Waals surface area contributed by atoms with Gasteiger partial charge in [0.15, 0.2) is 0 Å². The fourth-order valence-electron chi connectivity index (χ4n) is 2.39. The van der Waals surface area contributed by atoms with E-state index in [2.05, 4.69) is 31.6 Å². The number of fused-ring (bicyclic) bond motifs is 1. The molecule has 1 N–H and O–H groups in total. The van der Waals surface area contributed by atoms with Crippen LogP contribution in [0.1, 0.15) is 16.1 Å². The number of thiophene rings is 1. The molecule has 0 saturated carbocycles. The lowest BCUT2D eigenvalue weighted by Gasteiger charge is -2.26. The van der Waals surface area contributed by atoms with Crippen LogP contribution in [0.15, 0.2) is 23.8 Å². The molecule has 0 spiro atoms. The molecule has 0 saturated heterocycles. The first kappa shape index (κ1) is 12.6. The van der Waals surface area contributed by atoms with Crippen molar-refractivity contribution in [2.75, 3.05) is 25.0 Å². The summed E-state index contributed by atoms with van der Waals surface area (Å²) in [4.78, 5) is 12.4. The topological polar surface area (TPSA) is 41.0 Å². The van der Waals surface area contributed by atoms with Crippen LogP contribution in [0.2, 0.25) is 0 Å². The number of anilines is 1. The minimum Gasteiger partial charge on any atom is -0.369 e. The molecule has 4 nitrogen and oxygen atoms in total. The lowest BCUT2D eigenvalue weighted by atomic mass is 10.1. The van der Waals surface area contributed by atoms with E-state index in [9.17, 15) is 0 Å². The third-order valence-corrected chi connectivity index (χ3v) is 4.45. The van der Waals surface area contributed by atoms with Crippen LogP contribution in [0.3, 0.4) is 0 Å². The minimum atomic E-state index is 0.917. The quantitative estimate of drug-likeness (QED) is 0.929. The highest BCUT2D eigenvalue weighted by molar-refractivity contribution is 7.10. The maximum Gasteiger partial charge on any atom is 0.129 e. The van der Waals surface area contributed by atoms with Crippen molar-refractivity contribution in [2.24, 2.45) is 0 Å². The molecule has 19 heavy (non-hydrogen) atoms. The molecule has 0 atom stereocenters. The van der Waals surface area contributed by atoms with E-state index in [1.54, 1.807) is 11.2 Å². The fourth-order valence-corrected chi connectivity index (χ4v) is 3.28. The van der Waals surface area contributed by atoms with Crippen LogP contribution in [0.25, 0.3) is 0 Å². The van der Waals surface area contributed by atoms with Crippen LogP contribution in [0, 0.1) is 6.92 Å². The van der Waals surface area contributed by atoms with Gasteiger partial charge in [-0.25, -0.2) is 9.97 Å². The lowest BCUT2D eigenvalue weighted by Crippen LogP contribution is -2.33. The summed E-state index contributed by atoms with van der Waals surface area (Å²) < 4.78 is 0. The molecule has 0 unspecified atom stereocenters. The summed E-state index contributed by atoms with van der Waals surface area (Å²) in [6, 6.07) is 4.24. The smallest absolute Gasteiger partial charge is 0.129 e. The van der Waals surface area contributed by atoms with E-state index in [1.807, 2.05) is 24.3 Å². The van der Waals surface area contributed by atoms with Gasteiger partial charge in [-0.15, -0.1) is 11.3 Å². The summed E-state index contributed by atoms with van der Waals surface area (Å²) in [5, 5.41) is 5.56. The van der Waals surface area contributed by atoms with Crippen molar-refractivity contribution in [3.63, 3.8) is 0 Å². The van der Waals surface area contributed by atoms with Gasteiger partial charge in [-0.05, 0) is 30.4 Å².